The monoisotopic (exact) mass is 289 g/mol. The number of benzene rings is 1. The summed E-state index contributed by atoms with van der Waals surface area (Å²) in [5, 5.41) is 7.67. The number of hydrogen-bond acceptors (Lipinski definition) is 5. The molecule has 2 unspecified atom stereocenters. The lowest BCUT2D eigenvalue weighted by Gasteiger charge is -2.15. The van der Waals surface area contributed by atoms with Gasteiger partial charge in [0, 0.05) is 23.1 Å². The molecular formula is C15H19N3OS. The molecular weight excluding hydrogens is 270 g/mol. The molecule has 1 fully saturated rings. The van der Waals surface area contributed by atoms with Crippen LogP contribution in [-0.4, -0.2) is 34.2 Å². The number of nitrogens with zero attached hydrogens (tertiary/aromatic N) is 2. The molecule has 20 heavy (non-hydrogen) atoms. The van der Waals surface area contributed by atoms with Crippen LogP contribution in [0.1, 0.15) is 24.3 Å². The second kappa shape index (κ2) is 5.97. The molecule has 0 bridgehead atoms. The molecule has 3 rings (SSSR count). The van der Waals surface area contributed by atoms with Crippen molar-refractivity contribution >= 4 is 11.8 Å². The first-order valence-corrected chi connectivity index (χ1v) is 8.15. The quantitative estimate of drug-likeness (QED) is 0.938. The van der Waals surface area contributed by atoms with Gasteiger partial charge in [-0.15, -0.1) is 0 Å². The summed E-state index contributed by atoms with van der Waals surface area (Å²) in [5.41, 5.74) is 2.22. The molecule has 1 aliphatic heterocycles. The van der Waals surface area contributed by atoms with Crippen molar-refractivity contribution in [3.63, 3.8) is 0 Å². The minimum atomic E-state index is 0.324. The topological polar surface area (TPSA) is 51.0 Å². The van der Waals surface area contributed by atoms with Crippen molar-refractivity contribution in [1.82, 2.24) is 15.5 Å². The van der Waals surface area contributed by atoms with Gasteiger partial charge in [-0.25, -0.2) is 0 Å². The van der Waals surface area contributed by atoms with Gasteiger partial charge in [0.15, 0.2) is 0 Å². The first kappa shape index (κ1) is 13.6. The summed E-state index contributed by atoms with van der Waals surface area (Å²) >= 11 is 1.94. The minimum absolute atomic E-state index is 0.324. The molecule has 0 radical (unpaired) electrons. The molecule has 0 saturated carbocycles. The predicted octanol–water partition coefficient (Wildman–Crippen LogP) is 2.85. The van der Waals surface area contributed by atoms with E-state index in [-0.39, 0.29) is 0 Å². The Morgan fingerprint density at radius 1 is 1.35 bits per heavy atom. The molecule has 1 saturated heterocycles. The van der Waals surface area contributed by atoms with Crippen LogP contribution in [0.25, 0.3) is 11.4 Å². The maximum absolute atomic E-state index is 5.52. The third-order valence-electron chi connectivity index (χ3n) is 3.69. The number of aryl methyl sites for hydroxylation is 1. The molecule has 0 spiro atoms. The SMILES string of the molecule is CCNC1CSCC1c1nc(-c2ccccc2C)no1. The molecule has 1 aliphatic rings. The van der Waals surface area contributed by atoms with Crippen LogP contribution < -0.4 is 5.32 Å². The predicted molar refractivity (Wildman–Crippen MR) is 82.0 cm³/mol. The first-order valence-electron chi connectivity index (χ1n) is 7.00. The summed E-state index contributed by atoms with van der Waals surface area (Å²) in [4.78, 5) is 4.62. The Morgan fingerprint density at radius 3 is 3.00 bits per heavy atom. The van der Waals surface area contributed by atoms with Crippen molar-refractivity contribution in [2.75, 3.05) is 18.1 Å². The number of thioether (sulfide) groups is 1. The molecule has 1 aromatic heterocycles. The van der Waals surface area contributed by atoms with E-state index in [1.165, 1.54) is 5.56 Å². The van der Waals surface area contributed by atoms with Gasteiger partial charge < -0.3 is 9.84 Å². The Bertz CT molecular complexity index is 584. The van der Waals surface area contributed by atoms with Gasteiger partial charge in [-0.05, 0) is 19.0 Å². The number of rotatable bonds is 4. The molecule has 2 atom stereocenters. The van der Waals surface area contributed by atoms with E-state index in [0.29, 0.717) is 17.8 Å². The van der Waals surface area contributed by atoms with Gasteiger partial charge in [0.05, 0.1) is 5.92 Å². The van der Waals surface area contributed by atoms with Gasteiger partial charge in [-0.3, -0.25) is 0 Å². The van der Waals surface area contributed by atoms with E-state index in [1.807, 2.05) is 30.0 Å². The van der Waals surface area contributed by atoms with E-state index in [9.17, 15) is 0 Å². The van der Waals surface area contributed by atoms with Crippen LogP contribution in [0.4, 0.5) is 0 Å². The second-order valence-corrected chi connectivity index (χ2v) is 6.15. The fourth-order valence-corrected chi connectivity index (χ4v) is 3.95. The average molecular weight is 289 g/mol. The van der Waals surface area contributed by atoms with Crippen LogP contribution in [0.2, 0.25) is 0 Å². The van der Waals surface area contributed by atoms with Crippen molar-refractivity contribution in [2.45, 2.75) is 25.8 Å². The average Bonchev–Trinajstić information content (AvgIpc) is 3.08. The van der Waals surface area contributed by atoms with Crippen molar-refractivity contribution in [1.29, 1.82) is 0 Å². The highest BCUT2D eigenvalue weighted by Gasteiger charge is 2.33. The molecule has 0 amide bonds. The lowest BCUT2D eigenvalue weighted by molar-refractivity contribution is 0.340. The molecule has 1 aromatic carbocycles. The molecule has 106 valence electrons. The number of hydrogen-bond donors (Lipinski definition) is 1. The van der Waals surface area contributed by atoms with Gasteiger partial charge in [-0.1, -0.05) is 36.3 Å². The third-order valence-corrected chi connectivity index (χ3v) is 4.88. The highest BCUT2D eigenvalue weighted by molar-refractivity contribution is 7.99. The zero-order valence-corrected chi connectivity index (χ0v) is 12.6. The Balaban J connectivity index is 1.85. The number of likely N-dealkylation sites (N-methyl/N-ethyl adjacent to an activating group) is 1. The van der Waals surface area contributed by atoms with E-state index in [1.54, 1.807) is 0 Å². The zero-order valence-electron chi connectivity index (χ0n) is 11.8. The summed E-state index contributed by atoms with van der Waals surface area (Å²) in [6.07, 6.45) is 0. The van der Waals surface area contributed by atoms with Gasteiger partial charge in [0.2, 0.25) is 11.7 Å². The Morgan fingerprint density at radius 2 is 2.20 bits per heavy atom. The molecule has 2 heterocycles. The summed E-state index contributed by atoms with van der Waals surface area (Å²) in [6, 6.07) is 8.57. The standard InChI is InChI=1S/C15H19N3OS/c1-3-16-13-9-20-8-12(13)15-17-14(18-19-15)11-7-5-4-6-10(11)2/h4-7,12-13,16H,3,8-9H2,1-2H3. The van der Waals surface area contributed by atoms with Gasteiger partial charge >= 0.3 is 0 Å². The minimum Gasteiger partial charge on any atom is -0.339 e. The highest BCUT2D eigenvalue weighted by atomic mass is 32.2. The molecule has 0 aliphatic carbocycles. The van der Waals surface area contributed by atoms with Gasteiger partial charge in [0.25, 0.3) is 0 Å². The van der Waals surface area contributed by atoms with Crippen LogP contribution >= 0.6 is 11.8 Å². The molecule has 5 heteroatoms. The zero-order chi connectivity index (χ0) is 13.9. The fourth-order valence-electron chi connectivity index (χ4n) is 2.58. The second-order valence-electron chi connectivity index (χ2n) is 5.08. The summed E-state index contributed by atoms with van der Waals surface area (Å²) in [5.74, 6) is 3.95. The van der Waals surface area contributed by atoms with Crippen molar-refractivity contribution in [2.24, 2.45) is 0 Å². The summed E-state index contributed by atoms with van der Waals surface area (Å²) in [7, 11) is 0. The van der Waals surface area contributed by atoms with E-state index >= 15 is 0 Å². The Hall–Kier alpha value is -1.33. The molecule has 1 N–H and O–H groups in total. The van der Waals surface area contributed by atoms with E-state index < -0.39 is 0 Å². The number of aromatic nitrogens is 2. The summed E-state index contributed by atoms with van der Waals surface area (Å²) in [6.45, 7) is 5.17. The highest BCUT2D eigenvalue weighted by Crippen LogP contribution is 2.33. The molecule has 4 nitrogen and oxygen atoms in total. The van der Waals surface area contributed by atoms with Crippen LogP contribution in [0.3, 0.4) is 0 Å². The van der Waals surface area contributed by atoms with Crippen LogP contribution in [0, 0.1) is 6.92 Å². The van der Waals surface area contributed by atoms with Crippen LogP contribution in [-0.2, 0) is 0 Å². The first-order chi connectivity index (χ1) is 9.79. The maximum atomic E-state index is 5.52. The Kier molecular flexibility index (Phi) is 4.08. The maximum Gasteiger partial charge on any atom is 0.232 e. The summed E-state index contributed by atoms with van der Waals surface area (Å²) < 4.78 is 5.52. The Labute approximate surface area is 123 Å². The third kappa shape index (κ3) is 2.60. The van der Waals surface area contributed by atoms with Crippen LogP contribution in [0.15, 0.2) is 28.8 Å². The largest absolute Gasteiger partial charge is 0.339 e. The van der Waals surface area contributed by atoms with E-state index in [2.05, 4.69) is 35.4 Å². The number of nitrogens with one attached hydrogen (secondary N) is 1. The van der Waals surface area contributed by atoms with Crippen LogP contribution in [0.5, 0.6) is 0 Å². The lowest BCUT2D eigenvalue weighted by Crippen LogP contribution is -2.34. The van der Waals surface area contributed by atoms with Gasteiger partial charge in [0.1, 0.15) is 0 Å². The lowest BCUT2D eigenvalue weighted by atomic mass is 10.0. The van der Waals surface area contributed by atoms with E-state index in [4.69, 9.17) is 4.52 Å². The van der Waals surface area contributed by atoms with Crippen molar-refractivity contribution in [3.05, 3.63) is 35.7 Å². The normalized spacial score (nSPS) is 22.3. The van der Waals surface area contributed by atoms with Crippen molar-refractivity contribution in [3.8, 4) is 11.4 Å². The molecule has 2 aromatic rings. The van der Waals surface area contributed by atoms with Gasteiger partial charge in [-0.2, -0.15) is 16.7 Å². The fraction of sp³-hybridized carbons (Fsp3) is 0.467. The smallest absolute Gasteiger partial charge is 0.232 e. The van der Waals surface area contributed by atoms with Crippen molar-refractivity contribution < 1.29 is 4.52 Å². The van der Waals surface area contributed by atoms with E-state index in [0.717, 1.165) is 29.5 Å².